The Labute approximate surface area is 203 Å². The molecule has 0 N–H and O–H groups in total. The molecule has 2 aromatic heterocycles. The SMILES string of the molecule is Cc1cc(C)c2nc(N(CCCn3ccnc3)C(=O)c3ccc(S(=O)(=O)N(C)C)cc3)sc2c1. The van der Waals surface area contributed by atoms with Crippen LogP contribution in [0.5, 0.6) is 0 Å². The Kier molecular flexibility index (Phi) is 6.83. The summed E-state index contributed by atoms with van der Waals surface area (Å²) in [5, 5.41) is 0.629. The van der Waals surface area contributed by atoms with Gasteiger partial charge in [0, 0.05) is 45.1 Å². The molecule has 0 bridgehead atoms. The van der Waals surface area contributed by atoms with Gasteiger partial charge in [-0.3, -0.25) is 9.69 Å². The van der Waals surface area contributed by atoms with Crippen LogP contribution in [0.4, 0.5) is 5.13 Å². The first kappa shape index (κ1) is 24.1. The molecule has 0 fully saturated rings. The fourth-order valence-corrected chi connectivity index (χ4v) is 5.79. The lowest BCUT2D eigenvalue weighted by Gasteiger charge is -2.20. The minimum atomic E-state index is -3.57. The van der Waals surface area contributed by atoms with E-state index >= 15 is 0 Å². The summed E-state index contributed by atoms with van der Waals surface area (Å²) < 4.78 is 28.9. The average Bonchev–Trinajstić information content (AvgIpc) is 3.46. The molecule has 178 valence electrons. The number of nitrogens with zero attached hydrogens (tertiary/aromatic N) is 5. The number of rotatable bonds is 8. The second-order valence-electron chi connectivity index (χ2n) is 8.35. The predicted octanol–water partition coefficient (Wildman–Crippen LogP) is 4.10. The molecule has 4 aromatic rings. The first-order valence-corrected chi connectivity index (χ1v) is 13.1. The van der Waals surface area contributed by atoms with E-state index in [2.05, 4.69) is 17.1 Å². The largest absolute Gasteiger partial charge is 0.337 e. The Bertz CT molecular complexity index is 1410. The van der Waals surface area contributed by atoms with Crippen molar-refractivity contribution in [3.63, 3.8) is 0 Å². The minimum absolute atomic E-state index is 0.145. The van der Waals surface area contributed by atoms with Crippen molar-refractivity contribution >= 4 is 42.6 Å². The number of anilines is 1. The van der Waals surface area contributed by atoms with E-state index in [-0.39, 0.29) is 10.8 Å². The molecule has 0 aliphatic carbocycles. The normalized spacial score (nSPS) is 11.9. The topological polar surface area (TPSA) is 88.4 Å². The molecular weight excluding hydrogens is 470 g/mol. The van der Waals surface area contributed by atoms with Crippen LogP contribution in [0.1, 0.15) is 27.9 Å². The maximum atomic E-state index is 13.6. The zero-order valence-corrected chi connectivity index (χ0v) is 21.2. The summed E-state index contributed by atoms with van der Waals surface area (Å²) in [4.78, 5) is 24.3. The Morgan fingerprint density at radius 2 is 1.85 bits per heavy atom. The number of imidazole rings is 1. The second kappa shape index (κ2) is 9.65. The van der Waals surface area contributed by atoms with E-state index in [1.54, 1.807) is 29.6 Å². The number of benzene rings is 2. The molecule has 2 aromatic carbocycles. The molecular formula is C24H27N5O3S2. The number of sulfonamides is 1. The van der Waals surface area contributed by atoms with Crippen LogP contribution in [0.2, 0.25) is 0 Å². The van der Waals surface area contributed by atoms with Crippen molar-refractivity contribution < 1.29 is 13.2 Å². The number of fused-ring (bicyclic) bond motifs is 1. The number of amides is 1. The van der Waals surface area contributed by atoms with Crippen LogP contribution < -0.4 is 4.90 Å². The third kappa shape index (κ3) is 4.89. The van der Waals surface area contributed by atoms with Crippen molar-refractivity contribution in [1.82, 2.24) is 18.8 Å². The van der Waals surface area contributed by atoms with Crippen molar-refractivity contribution in [1.29, 1.82) is 0 Å². The third-order valence-corrected chi connectivity index (χ3v) is 8.39. The van der Waals surface area contributed by atoms with E-state index in [4.69, 9.17) is 4.98 Å². The molecule has 4 rings (SSSR count). The van der Waals surface area contributed by atoms with Gasteiger partial charge in [-0.1, -0.05) is 17.4 Å². The smallest absolute Gasteiger partial charge is 0.260 e. The Hall–Kier alpha value is -3.08. The van der Waals surface area contributed by atoms with Crippen molar-refractivity contribution in [3.05, 3.63) is 71.8 Å². The maximum Gasteiger partial charge on any atom is 0.260 e. The molecule has 10 heteroatoms. The fraction of sp³-hybridized carbons (Fsp3) is 0.292. The predicted molar refractivity (Wildman–Crippen MR) is 135 cm³/mol. The van der Waals surface area contributed by atoms with E-state index in [1.807, 2.05) is 24.6 Å². The van der Waals surface area contributed by atoms with Gasteiger partial charge in [0.05, 0.1) is 21.4 Å². The molecule has 8 nitrogen and oxygen atoms in total. The lowest BCUT2D eigenvalue weighted by Crippen LogP contribution is -2.32. The van der Waals surface area contributed by atoms with E-state index < -0.39 is 10.0 Å². The Morgan fingerprint density at radius 3 is 2.50 bits per heavy atom. The Balaban J connectivity index is 1.66. The lowest BCUT2D eigenvalue weighted by atomic mass is 10.1. The number of carbonyl (C=O) groups is 1. The Morgan fingerprint density at radius 1 is 1.12 bits per heavy atom. The van der Waals surface area contributed by atoms with Crippen molar-refractivity contribution in [2.75, 3.05) is 25.5 Å². The summed E-state index contributed by atoms with van der Waals surface area (Å²) in [6.07, 6.45) is 6.08. The highest BCUT2D eigenvalue weighted by molar-refractivity contribution is 7.89. The highest BCUT2D eigenvalue weighted by Gasteiger charge is 2.23. The lowest BCUT2D eigenvalue weighted by molar-refractivity contribution is 0.0986. The monoisotopic (exact) mass is 497 g/mol. The van der Waals surface area contributed by atoms with Crippen LogP contribution in [0.15, 0.2) is 60.0 Å². The summed E-state index contributed by atoms with van der Waals surface area (Å²) in [7, 11) is -0.609. The van der Waals surface area contributed by atoms with Crippen LogP contribution in [-0.4, -0.2) is 53.8 Å². The van der Waals surface area contributed by atoms with Gasteiger partial charge in [-0.2, -0.15) is 0 Å². The zero-order valence-electron chi connectivity index (χ0n) is 19.6. The number of aryl methyl sites for hydroxylation is 3. The minimum Gasteiger partial charge on any atom is -0.337 e. The highest BCUT2D eigenvalue weighted by Crippen LogP contribution is 2.32. The highest BCUT2D eigenvalue weighted by atomic mass is 32.2. The molecule has 0 aliphatic heterocycles. The van der Waals surface area contributed by atoms with Crippen LogP contribution >= 0.6 is 11.3 Å². The van der Waals surface area contributed by atoms with Gasteiger partial charge in [0.1, 0.15) is 0 Å². The number of aromatic nitrogens is 3. The summed E-state index contributed by atoms with van der Waals surface area (Å²) in [6, 6.07) is 10.2. The van der Waals surface area contributed by atoms with Gasteiger partial charge in [-0.25, -0.2) is 22.7 Å². The van der Waals surface area contributed by atoms with Gasteiger partial charge in [-0.15, -0.1) is 0 Å². The fourth-order valence-electron chi connectivity index (χ4n) is 3.72. The first-order valence-electron chi connectivity index (χ1n) is 10.8. The first-order chi connectivity index (χ1) is 16.2. The van der Waals surface area contributed by atoms with Gasteiger partial charge in [-0.05, 0) is 61.7 Å². The molecule has 0 unspecified atom stereocenters. The van der Waals surface area contributed by atoms with E-state index in [1.165, 1.54) is 37.6 Å². The molecule has 0 saturated carbocycles. The number of hydrogen-bond donors (Lipinski definition) is 0. The molecule has 2 heterocycles. The van der Waals surface area contributed by atoms with Gasteiger partial charge in [0.25, 0.3) is 5.91 Å². The maximum absolute atomic E-state index is 13.6. The summed E-state index contributed by atoms with van der Waals surface area (Å²) in [5.74, 6) is -0.215. The number of thiazole rings is 1. The van der Waals surface area contributed by atoms with Crippen LogP contribution in [0, 0.1) is 13.8 Å². The van der Waals surface area contributed by atoms with Gasteiger partial charge in [0.15, 0.2) is 5.13 Å². The molecule has 0 aliphatic rings. The summed E-state index contributed by atoms with van der Waals surface area (Å²) in [6.45, 7) is 5.25. The average molecular weight is 498 g/mol. The summed E-state index contributed by atoms with van der Waals surface area (Å²) in [5.41, 5.74) is 3.52. The quantitative estimate of drug-likeness (QED) is 0.366. The zero-order chi connectivity index (χ0) is 24.5. The van der Waals surface area contributed by atoms with Gasteiger partial charge in [0.2, 0.25) is 10.0 Å². The molecule has 34 heavy (non-hydrogen) atoms. The summed E-state index contributed by atoms with van der Waals surface area (Å²) >= 11 is 1.49. The van der Waals surface area contributed by atoms with E-state index in [0.29, 0.717) is 30.2 Å². The van der Waals surface area contributed by atoms with E-state index in [9.17, 15) is 13.2 Å². The van der Waals surface area contributed by atoms with Crippen molar-refractivity contribution in [2.45, 2.75) is 31.7 Å². The van der Waals surface area contributed by atoms with Crippen LogP contribution in [0.25, 0.3) is 10.2 Å². The standard InChI is InChI=1S/C24H27N5O3S2/c1-17-14-18(2)22-21(15-17)33-24(26-22)29(12-5-11-28-13-10-25-16-28)23(30)19-6-8-20(9-7-19)34(31,32)27(3)4/h6-10,13-16H,5,11-12H2,1-4H3. The molecule has 0 radical (unpaired) electrons. The molecule has 1 amide bonds. The second-order valence-corrected chi connectivity index (χ2v) is 11.5. The number of carbonyl (C=O) groups excluding carboxylic acids is 1. The molecule has 0 atom stereocenters. The van der Waals surface area contributed by atoms with Crippen molar-refractivity contribution in [2.24, 2.45) is 0 Å². The van der Waals surface area contributed by atoms with Crippen molar-refractivity contribution in [3.8, 4) is 0 Å². The molecule has 0 spiro atoms. The third-order valence-electron chi connectivity index (χ3n) is 5.53. The van der Waals surface area contributed by atoms with Crippen LogP contribution in [-0.2, 0) is 16.6 Å². The van der Waals surface area contributed by atoms with Crippen LogP contribution in [0.3, 0.4) is 0 Å². The van der Waals surface area contributed by atoms with Gasteiger partial charge >= 0.3 is 0 Å². The molecule has 0 saturated heterocycles. The van der Waals surface area contributed by atoms with E-state index in [0.717, 1.165) is 25.6 Å². The number of hydrogen-bond acceptors (Lipinski definition) is 6. The van der Waals surface area contributed by atoms with Gasteiger partial charge < -0.3 is 4.57 Å².